The molecule has 0 aliphatic heterocycles. The van der Waals surface area contributed by atoms with E-state index in [1.807, 2.05) is 0 Å². The molecule has 0 spiro atoms. The van der Waals surface area contributed by atoms with Crippen LogP contribution in [0.3, 0.4) is 0 Å². The maximum atomic E-state index is 11.3. The van der Waals surface area contributed by atoms with Crippen LogP contribution in [0.5, 0.6) is 0 Å². The third-order valence-electron chi connectivity index (χ3n) is 3.49. The van der Waals surface area contributed by atoms with Crippen LogP contribution in [-0.2, 0) is 9.53 Å². The summed E-state index contributed by atoms with van der Waals surface area (Å²) in [7, 11) is 1.68. The molecule has 3 heteroatoms. The van der Waals surface area contributed by atoms with Gasteiger partial charge < -0.3 is 10.1 Å². The van der Waals surface area contributed by atoms with Crippen molar-refractivity contribution in [2.75, 3.05) is 13.7 Å². The van der Waals surface area contributed by atoms with Crippen LogP contribution in [0.25, 0.3) is 0 Å². The van der Waals surface area contributed by atoms with Crippen LogP contribution in [0, 0.1) is 11.8 Å². The Morgan fingerprint density at radius 3 is 2.62 bits per heavy atom. The molecule has 0 bridgehead atoms. The molecule has 0 radical (unpaired) electrons. The molecule has 1 N–H and O–H groups in total. The van der Waals surface area contributed by atoms with Crippen molar-refractivity contribution >= 4 is 5.91 Å². The second kappa shape index (κ2) is 6.69. The highest BCUT2D eigenvalue weighted by Crippen LogP contribution is 2.30. The molecular formula is C13H23NO2. The summed E-state index contributed by atoms with van der Waals surface area (Å²) in [5.41, 5.74) is 0. The lowest BCUT2D eigenvalue weighted by molar-refractivity contribution is -0.118. The number of carbonyl (C=O) groups is 1. The number of hydrogen-bond donors (Lipinski definition) is 1. The van der Waals surface area contributed by atoms with Crippen LogP contribution in [-0.4, -0.2) is 25.7 Å². The van der Waals surface area contributed by atoms with Crippen molar-refractivity contribution in [1.82, 2.24) is 5.32 Å². The van der Waals surface area contributed by atoms with Crippen LogP contribution >= 0.6 is 0 Å². The van der Waals surface area contributed by atoms with E-state index in [4.69, 9.17) is 4.74 Å². The molecule has 1 fully saturated rings. The number of amides is 1. The van der Waals surface area contributed by atoms with Gasteiger partial charge in [0.25, 0.3) is 0 Å². The van der Waals surface area contributed by atoms with E-state index in [-0.39, 0.29) is 11.9 Å². The summed E-state index contributed by atoms with van der Waals surface area (Å²) in [5, 5.41) is 2.97. The van der Waals surface area contributed by atoms with Crippen LogP contribution in [0.1, 0.15) is 32.6 Å². The summed E-state index contributed by atoms with van der Waals surface area (Å²) < 4.78 is 5.18. The van der Waals surface area contributed by atoms with Gasteiger partial charge in [0.1, 0.15) is 0 Å². The lowest BCUT2D eigenvalue weighted by atomic mass is 9.79. The summed E-state index contributed by atoms with van der Waals surface area (Å²) in [4.78, 5) is 11.3. The van der Waals surface area contributed by atoms with Crippen molar-refractivity contribution in [2.45, 2.75) is 38.6 Å². The van der Waals surface area contributed by atoms with Gasteiger partial charge in [-0.25, -0.2) is 0 Å². The Hall–Kier alpha value is -0.830. The highest BCUT2D eigenvalue weighted by atomic mass is 16.5. The first-order chi connectivity index (χ1) is 7.67. The molecule has 1 atom stereocenters. The lowest BCUT2D eigenvalue weighted by Crippen LogP contribution is -2.43. The molecule has 0 aromatic heterocycles. The molecule has 1 aliphatic rings. The second-order valence-electron chi connectivity index (χ2n) is 4.79. The minimum Gasteiger partial charge on any atom is -0.383 e. The van der Waals surface area contributed by atoms with E-state index >= 15 is 0 Å². The topological polar surface area (TPSA) is 38.3 Å². The summed E-state index contributed by atoms with van der Waals surface area (Å²) in [5.74, 6) is 1.29. The average Bonchev–Trinajstić information content (AvgIpc) is 2.29. The van der Waals surface area contributed by atoms with Gasteiger partial charge in [-0.15, -0.1) is 0 Å². The van der Waals surface area contributed by atoms with Gasteiger partial charge in [-0.1, -0.05) is 26.3 Å². The van der Waals surface area contributed by atoms with E-state index in [9.17, 15) is 4.79 Å². The number of rotatable bonds is 5. The molecule has 1 rings (SSSR count). The minimum atomic E-state index is -0.0966. The largest absolute Gasteiger partial charge is 0.383 e. The molecule has 1 saturated carbocycles. The van der Waals surface area contributed by atoms with Crippen LogP contribution < -0.4 is 5.32 Å². The Kier molecular flexibility index (Phi) is 5.53. The van der Waals surface area contributed by atoms with Crippen molar-refractivity contribution in [2.24, 2.45) is 11.8 Å². The highest BCUT2D eigenvalue weighted by Gasteiger charge is 2.26. The SMILES string of the molecule is C=CC(=O)NC(COC)C1CCC(C)CC1. The quantitative estimate of drug-likeness (QED) is 0.728. The van der Waals surface area contributed by atoms with Crippen molar-refractivity contribution in [3.8, 4) is 0 Å². The maximum absolute atomic E-state index is 11.3. The zero-order chi connectivity index (χ0) is 12.0. The first kappa shape index (κ1) is 13.2. The molecule has 1 aliphatic carbocycles. The van der Waals surface area contributed by atoms with Gasteiger partial charge in [0.05, 0.1) is 12.6 Å². The van der Waals surface area contributed by atoms with Crippen LogP contribution in [0.4, 0.5) is 0 Å². The van der Waals surface area contributed by atoms with Gasteiger partial charge in [-0.2, -0.15) is 0 Å². The maximum Gasteiger partial charge on any atom is 0.243 e. The monoisotopic (exact) mass is 225 g/mol. The summed E-state index contributed by atoms with van der Waals surface area (Å²) in [6.07, 6.45) is 6.22. The third kappa shape index (κ3) is 3.97. The van der Waals surface area contributed by atoms with Crippen molar-refractivity contribution in [3.05, 3.63) is 12.7 Å². The number of ether oxygens (including phenoxy) is 1. The Morgan fingerprint density at radius 1 is 1.50 bits per heavy atom. The molecule has 0 heterocycles. The second-order valence-corrected chi connectivity index (χ2v) is 4.79. The zero-order valence-corrected chi connectivity index (χ0v) is 10.4. The van der Waals surface area contributed by atoms with Gasteiger partial charge in [0.15, 0.2) is 0 Å². The molecule has 1 unspecified atom stereocenters. The van der Waals surface area contributed by atoms with E-state index in [2.05, 4.69) is 18.8 Å². The van der Waals surface area contributed by atoms with Crippen LogP contribution in [0.2, 0.25) is 0 Å². The van der Waals surface area contributed by atoms with E-state index in [0.29, 0.717) is 12.5 Å². The Bertz CT molecular complexity index is 232. The van der Waals surface area contributed by atoms with Crippen molar-refractivity contribution in [1.29, 1.82) is 0 Å². The molecule has 0 saturated heterocycles. The highest BCUT2D eigenvalue weighted by molar-refractivity contribution is 5.87. The van der Waals surface area contributed by atoms with Gasteiger partial charge in [-0.05, 0) is 30.8 Å². The van der Waals surface area contributed by atoms with Crippen molar-refractivity contribution < 1.29 is 9.53 Å². The van der Waals surface area contributed by atoms with Gasteiger partial charge in [-0.3, -0.25) is 4.79 Å². The molecule has 0 aromatic carbocycles. The van der Waals surface area contributed by atoms with Crippen molar-refractivity contribution in [3.63, 3.8) is 0 Å². The van der Waals surface area contributed by atoms with E-state index < -0.39 is 0 Å². The Morgan fingerprint density at radius 2 is 2.12 bits per heavy atom. The summed E-state index contributed by atoms with van der Waals surface area (Å²) in [6, 6.07) is 0.142. The Labute approximate surface area is 98.2 Å². The molecule has 16 heavy (non-hydrogen) atoms. The fraction of sp³-hybridized carbons (Fsp3) is 0.769. The van der Waals surface area contributed by atoms with E-state index in [0.717, 1.165) is 5.92 Å². The van der Waals surface area contributed by atoms with Gasteiger partial charge in [0, 0.05) is 7.11 Å². The molecule has 0 aromatic rings. The standard InChI is InChI=1S/C13H23NO2/c1-4-13(15)14-12(9-16-3)11-7-5-10(2)6-8-11/h4,10-12H,1,5-9H2,2-3H3,(H,14,15). The molecular weight excluding hydrogens is 202 g/mol. The molecule has 3 nitrogen and oxygen atoms in total. The average molecular weight is 225 g/mol. The zero-order valence-electron chi connectivity index (χ0n) is 10.4. The van der Waals surface area contributed by atoms with Crippen LogP contribution in [0.15, 0.2) is 12.7 Å². The normalized spacial score (nSPS) is 27.1. The van der Waals surface area contributed by atoms with E-state index in [1.165, 1.54) is 31.8 Å². The van der Waals surface area contributed by atoms with Gasteiger partial charge >= 0.3 is 0 Å². The first-order valence-corrected chi connectivity index (χ1v) is 6.09. The smallest absolute Gasteiger partial charge is 0.243 e. The number of methoxy groups -OCH3 is 1. The minimum absolute atomic E-state index is 0.0966. The fourth-order valence-corrected chi connectivity index (χ4v) is 2.41. The third-order valence-corrected chi connectivity index (χ3v) is 3.49. The lowest BCUT2D eigenvalue weighted by Gasteiger charge is -2.32. The molecule has 1 amide bonds. The number of carbonyl (C=O) groups excluding carboxylic acids is 1. The first-order valence-electron chi connectivity index (χ1n) is 6.09. The molecule has 92 valence electrons. The fourth-order valence-electron chi connectivity index (χ4n) is 2.41. The van der Waals surface area contributed by atoms with Gasteiger partial charge in [0.2, 0.25) is 5.91 Å². The summed E-state index contributed by atoms with van der Waals surface area (Å²) in [6.45, 7) is 6.37. The number of hydrogen-bond acceptors (Lipinski definition) is 2. The summed E-state index contributed by atoms with van der Waals surface area (Å²) >= 11 is 0. The Balaban J connectivity index is 2.48. The predicted octanol–water partition coefficient (Wildman–Crippen LogP) is 2.13. The number of nitrogens with one attached hydrogen (secondary N) is 1. The van der Waals surface area contributed by atoms with E-state index in [1.54, 1.807) is 7.11 Å². The predicted molar refractivity (Wildman–Crippen MR) is 65.1 cm³/mol.